The van der Waals surface area contributed by atoms with Crippen molar-refractivity contribution in [2.75, 3.05) is 26.2 Å². The van der Waals surface area contributed by atoms with Gasteiger partial charge in [-0.3, -0.25) is 9.59 Å². The number of hydrogen-bond acceptors (Lipinski definition) is 5. The summed E-state index contributed by atoms with van der Waals surface area (Å²) in [4.78, 5) is 31.1. The first-order valence-electron chi connectivity index (χ1n) is 11.2. The van der Waals surface area contributed by atoms with Gasteiger partial charge >= 0.3 is 0 Å². The van der Waals surface area contributed by atoms with E-state index in [2.05, 4.69) is 0 Å². The van der Waals surface area contributed by atoms with E-state index in [1.54, 1.807) is 45.4 Å². The fraction of sp³-hybridized carbons (Fsp3) is 0.360. The molecule has 0 spiro atoms. The van der Waals surface area contributed by atoms with Crippen LogP contribution in [0.15, 0.2) is 58.5 Å². The molecular weight excluding hydrogens is 443 g/mol. The van der Waals surface area contributed by atoms with Crippen LogP contribution >= 0.6 is 11.3 Å². The number of rotatable bonds is 8. The van der Waals surface area contributed by atoms with E-state index in [-0.39, 0.29) is 42.6 Å². The van der Waals surface area contributed by atoms with E-state index < -0.39 is 0 Å². The number of halogens is 1. The monoisotopic (exact) mass is 468 g/mol. The lowest BCUT2D eigenvalue weighted by Crippen LogP contribution is -2.48. The van der Waals surface area contributed by atoms with Crippen LogP contribution in [0.25, 0.3) is 0 Å². The van der Waals surface area contributed by atoms with Gasteiger partial charge in [0.25, 0.3) is 5.91 Å². The van der Waals surface area contributed by atoms with E-state index in [9.17, 15) is 14.0 Å². The summed E-state index contributed by atoms with van der Waals surface area (Å²) < 4.78 is 24.8. The Labute approximate surface area is 195 Å². The number of thiophene rings is 1. The van der Waals surface area contributed by atoms with Gasteiger partial charge in [0, 0.05) is 24.0 Å². The van der Waals surface area contributed by atoms with Crippen molar-refractivity contribution in [3.8, 4) is 5.75 Å². The van der Waals surface area contributed by atoms with Crippen molar-refractivity contribution in [3.63, 3.8) is 0 Å². The second-order valence-electron chi connectivity index (χ2n) is 8.53. The Morgan fingerprint density at radius 1 is 1.21 bits per heavy atom. The summed E-state index contributed by atoms with van der Waals surface area (Å²) in [7, 11) is 0. The molecule has 3 aromatic rings. The molecule has 8 heteroatoms. The van der Waals surface area contributed by atoms with Crippen molar-refractivity contribution in [2.45, 2.75) is 25.3 Å². The van der Waals surface area contributed by atoms with Crippen molar-refractivity contribution >= 4 is 23.2 Å². The fourth-order valence-electron chi connectivity index (χ4n) is 4.25. The van der Waals surface area contributed by atoms with Crippen LogP contribution in [0.1, 0.15) is 39.9 Å². The molecule has 172 valence electrons. The zero-order chi connectivity index (χ0) is 22.8. The molecule has 2 aromatic heterocycles. The van der Waals surface area contributed by atoms with Crippen molar-refractivity contribution in [2.24, 2.45) is 5.92 Å². The molecule has 3 heterocycles. The Morgan fingerprint density at radius 3 is 2.85 bits per heavy atom. The molecular formula is C25H25FN2O4S. The average Bonchev–Trinajstić information content (AvgIpc) is 3.26. The topological polar surface area (TPSA) is 63.0 Å². The molecule has 0 N–H and O–H groups in total. The maximum absolute atomic E-state index is 13.6. The van der Waals surface area contributed by atoms with E-state index in [1.807, 2.05) is 11.4 Å². The van der Waals surface area contributed by atoms with Crippen LogP contribution in [0.4, 0.5) is 4.39 Å². The van der Waals surface area contributed by atoms with Crippen molar-refractivity contribution in [3.05, 3.63) is 76.1 Å². The smallest absolute Gasteiger partial charge is 0.290 e. The molecule has 0 radical (unpaired) electrons. The standard InChI is InChI=1S/C25H25FN2O4S/c26-18-3-1-4-19(13-18)32-16-21-20-9-12-33-23(20)8-10-28(21)24(29)15-27(14-17-6-7-17)25(30)22-5-2-11-31-22/h1-5,9,11-13,17,21H,6-8,10,14-16H2/t21-/m0/s1. The van der Waals surface area contributed by atoms with Crippen LogP contribution in [0.3, 0.4) is 0 Å². The lowest BCUT2D eigenvalue weighted by molar-refractivity contribution is -0.135. The number of carbonyl (C=O) groups is 2. The normalized spacial score (nSPS) is 17.5. The molecule has 2 aliphatic rings. The van der Waals surface area contributed by atoms with Crippen LogP contribution in [-0.2, 0) is 11.2 Å². The van der Waals surface area contributed by atoms with Crippen molar-refractivity contribution < 1.29 is 23.1 Å². The summed E-state index contributed by atoms with van der Waals surface area (Å²) in [6, 6.07) is 11.0. The van der Waals surface area contributed by atoms with Gasteiger partial charge < -0.3 is 19.0 Å². The summed E-state index contributed by atoms with van der Waals surface area (Å²) in [6.45, 7) is 1.31. The minimum absolute atomic E-state index is 0.00797. The van der Waals surface area contributed by atoms with E-state index in [1.165, 1.54) is 23.3 Å². The van der Waals surface area contributed by atoms with E-state index >= 15 is 0 Å². The second kappa shape index (κ2) is 9.39. The Balaban J connectivity index is 1.33. The zero-order valence-corrected chi connectivity index (χ0v) is 18.9. The number of hydrogen-bond donors (Lipinski definition) is 0. The molecule has 33 heavy (non-hydrogen) atoms. The summed E-state index contributed by atoms with van der Waals surface area (Å²) in [5, 5.41) is 2.02. The predicted molar refractivity (Wildman–Crippen MR) is 122 cm³/mol. The predicted octanol–water partition coefficient (Wildman–Crippen LogP) is 4.54. The van der Waals surface area contributed by atoms with Gasteiger partial charge in [-0.2, -0.15) is 0 Å². The molecule has 1 aliphatic heterocycles. The molecule has 1 saturated carbocycles. The van der Waals surface area contributed by atoms with Crippen LogP contribution < -0.4 is 4.74 Å². The lowest BCUT2D eigenvalue weighted by atomic mass is 10.0. The lowest BCUT2D eigenvalue weighted by Gasteiger charge is -2.37. The number of amides is 2. The maximum Gasteiger partial charge on any atom is 0.290 e. The van der Waals surface area contributed by atoms with Gasteiger partial charge in [0.1, 0.15) is 24.7 Å². The number of nitrogens with zero attached hydrogens (tertiary/aromatic N) is 2. The molecule has 2 amide bonds. The van der Waals surface area contributed by atoms with Gasteiger partial charge in [0.15, 0.2) is 5.76 Å². The minimum Gasteiger partial charge on any atom is -0.491 e. The molecule has 0 unspecified atom stereocenters. The summed E-state index contributed by atoms with van der Waals surface area (Å²) in [6.07, 6.45) is 4.38. The number of carbonyl (C=O) groups excluding carboxylic acids is 2. The maximum atomic E-state index is 13.6. The largest absolute Gasteiger partial charge is 0.491 e. The Bertz CT molecular complexity index is 1130. The molecule has 6 nitrogen and oxygen atoms in total. The number of ether oxygens (including phenoxy) is 1. The minimum atomic E-state index is -0.368. The highest BCUT2D eigenvalue weighted by Gasteiger charge is 2.35. The summed E-state index contributed by atoms with van der Waals surface area (Å²) in [5.74, 6) is 0.351. The molecule has 1 aromatic carbocycles. The Kier molecular flexibility index (Phi) is 6.17. The molecule has 1 aliphatic carbocycles. The first-order valence-corrected chi connectivity index (χ1v) is 12.0. The van der Waals surface area contributed by atoms with Crippen LogP contribution in [-0.4, -0.2) is 47.9 Å². The molecule has 1 fully saturated rings. The van der Waals surface area contributed by atoms with Crippen LogP contribution in [0.5, 0.6) is 5.75 Å². The highest BCUT2D eigenvalue weighted by Crippen LogP contribution is 2.35. The summed E-state index contributed by atoms with van der Waals surface area (Å²) in [5.41, 5.74) is 1.06. The SMILES string of the molecule is O=C(c1ccco1)N(CC(=O)N1CCc2sccc2[C@@H]1COc1cccc(F)c1)CC1CC1. The van der Waals surface area contributed by atoms with E-state index in [0.29, 0.717) is 24.8 Å². The van der Waals surface area contributed by atoms with Gasteiger partial charge in [-0.1, -0.05) is 6.07 Å². The first-order chi connectivity index (χ1) is 16.1. The van der Waals surface area contributed by atoms with Gasteiger partial charge in [-0.05, 0) is 66.5 Å². The van der Waals surface area contributed by atoms with Gasteiger partial charge in [0.05, 0.1) is 12.3 Å². The summed E-state index contributed by atoms with van der Waals surface area (Å²) >= 11 is 1.67. The first kappa shape index (κ1) is 21.7. The average molecular weight is 469 g/mol. The third-order valence-corrected chi connectivity index (χ3v) is 7.14. The fourth-order valence-corrected chi connectivity index (χ4v) is 5.18. The molecule has 1 atom stereocenters. The zero-order valence-electron chi connectivity index (χ0n) is 18.1. The third kappa shape index (κ3) is 4.95. The number of furan rings is 1. The Morgan fingerprint density at radius 2 is 2.09 bits per heavy atom. The highest BCUT2D eigenvalue weighted by molar-refractivity contribution is 7.10. The van der Waals surface area contributed by atoms with Crippen LogP contribution in [0, 0.1) is 11.7 Å². The molecule has 0 bridgehead atoms. The van der Waals surface area contributed by atoms with Gasteiger partial charge in [0.2, 0.25) is 5.91 Å². The third-order valence-electron chi connectivity index (χ3n) is 6.14. The highest BCUT2D eigenvalue weighted by atomic mass is 32.1. The van der Waals surface area contributed by atoms with Crippen molar-refractivity contribution in [1.82, 2.24) is 9.80 Å². The number of benzene rings is 1. The van der Waals surface area contributed by atoms with E-state index in [0.717, 1.165) is 24.8 Å². The second-order valence-corrected chi connectivity index (χ2v) is 9.53. The number of fused-ring (bicyclic) bond motifs is 1. The van der Waals surface area contributed by atoms with Gasteiger partial charge in [-0.25, -0.2) is 4.39 Å². The molecule has 0 saturated heterocycles. The quantitative estimate of drug-likeness (QED) is 0.487. The van der Waals surface area contributed by atoms with E-state index in [4.69, 9.17) is 9.15 Å². The van der Waals surface area contributed by atoms with Crippen molar-refractivity contribution in [1.29, 1.82) is 0 Å². The van der Waals surface area contributed by atoms with Gasteiger partial charge in [-0.15, -0.1) is 11.3 Å². The Hall–Kier alpha value is -3.13. The van der Waals surface area contributed by atoms with Crippen LogP contribution in [0.2, 0.25) is 0 Å². The molecule has 5 rings (SSSR count).